The fraction of sp³-hybridized carbons (Fsp3) is 0.286. The maximum absolute atomic E-state index is 5.57. The van der Waals surface area contributed by atoms with E-state index in [1.54, 1.807) is 6.20 Å². The minimum atomic E-state index is 0.536. The molecule has 0 radical (unpaired) electrons. The third-order valence-electron chi connectivity index (χ3n) is 1.43. The van der Waals surface area contributed by atoms with Crippen molar-refractivity contribution in [1.82, 2.24) is 10.4 Å². The number of nitrogens with two attached hydrogens (primary N) is 2. The molecule has 1 rings (SSSR count). The quantitative estimate of drug-likeness (QED) is 0.409. The molecule has 0 spiro atoms. The molecule has 60 valence electrons. The Morgan fingerprint density at radius 2 is 2.36 bits per heavy atom. The largest absolute Gasteiger partial charge is 0.383 e. The standard InChI is InChI=1S/C7H12N4/c1-5-2-6(4-11-9)7(8)10-3-5/h2-3,11H,4,9H2,1H3,(H2,8,10). The van der Waals surface area contributed by atoms with Gasteiger partial charge in [-0.1, -0.05) is 0 Å². The molecule has 5 N–H and O–H groups in total. The van der Waals surface area contributed by atoms with Gasteiger partial charge in [-0.3, -0.25) is 11.3 Å². The van der Waals surface area contributed by atoms with Gasteiger partial charge < -0.3 is 5.73 Å². The molecule has 0 saturated carbocycles. The van der Waals surface area contributed by atoms with Crippen LogP contribution in [0.15, 0.2) is 12.3 Å². The van der Waals surface area contributed by atoms with E-state index in [-0.39, 0.29) is 0 Å². The van der Waals surface area contributed by atoms with E-state index in [0.717, 1.165) is 11.1 Å². The molecular formula is C7H12N4. The Kier molecular flexibility index (Phi) is 2.40. The lowest BCUT2D eigenvalue weighted by Gasteiger charge is -2.03. The zero-order valence-corrected chi connectivity index (χ0v) is 6.46. The normalized spacial score (nSPS) is 10.0. The van der Waals surface area contributed by atoms with Crippen molar-refractivity contribution in [2.75, 3.05) is 5.73 Å². The van der Waals surface area contributed by atoms with Gasteiger partial charge >= 0.3 is 0 Å². The summed E-state index contributed by atoms with van der Waals surface area (Å²) in [6.07, 6.45) is 1.73. The predicted molar refractivity (Wildman–Crippen MR) is 44.4 cm³/mol. The van der Waals surface area contributed by atoms with Crippen LogP contribution >= 0.6 is 0 Å². The molecule has 0 fully saturated rings. The Morgan fingerprint density at radius 1 is 1.64 bits per heavy atom. The number of nitrogens with zero attached hydrogens (tertiary/aromatic N) is 1. The van der Waals surface area contributed by atoms with Gasteiger partial charge in [0, 0.05) is 18.3 Å². The first-order valence-corrected chi connectivity index (χ1v) is 3.38. The van der Waals surface area contributed by atoms with Crippen molar-refractivity contribution in [3.8, 4) is 0 Å². The Morgan fingerprint density at radius 3 is 3.00 bits per heavy atom. The summed E-state index contributed by atoms with van der Waals surface area (Å²) in [4.78, 5) is 3.98. The van der Waals surface area contributed by atoms with E-state index >= 15 is 0 Å². The topological polar surface area (TPSA) is 77.0 Å². The van der Waals surface area contributed by atoms with Gasteiger partial charge in [-0.25, -0.2) is 4.98 Å². The summed E-state index contributed by atoms with van der Waals surface area (Å²) in [5.74, 6) is 5.68. The van der Waals surface area contributed by atoms with Gasteiger partial charge in [0.15, 0.2) is 0 Å². The third-order valence-corrected chi connectivity index (χ3v) is 1.43. The van der Waals surface area contributed by atoms with Gasteiger partial charge in [0.1, 0.15) is 5.82 Å². The van der Waals surface area contributed by atoms with E-state index in [2.05, 4.69) is 10.4 Å². The first kappa shape index (κ1) is 7.97. The van der Waals surface area contributed by atoms with Crippen LogP contribution < -0.4 is 17.0 Å². The number of anilines is 1. The summed E-state index contributed by atoms with van der Waals surface area (Å²) in [7, 11) is 0. The maximum atomic E-state index is 5.57. The molecular weight excluding hydrogens is 140 g/mol. The summed E-state index contributed by atoms with van der Waals surface area (Å²) in [6.45, 7) is 2.52. The van der Waals surface area contributed by atoms with Crippen molar-refractivity contribution in [1.29, 1.82) is 0 Å². The van der Waals surface area contributed by atoms with Crippen LogP contribution in [0.4, 0.5) is 5.82 Å². The van der Waals surface area contributed by atoms with E-state index < -0.39 is 0 Å². The number of aryl methyl sites for hydroxylation is 1. The minimum absolute atomic E-state index is 0.536. The molecule has 1 aromatic heterocycles. The lowest BCUT2D eigenvalue weighted by molar-refractivity contribution is 0.740. The second kappa shape index (κ2) is 3.32. The summed E-state index contributed by atoms with van der Waals surface area (Å²) in [5.41, 5.74) is 10.1. The molecule has 1 heterocycles. The molecule has 0 amide bonds. The lowest BCUT2D eigenvalue weighted by atomic mass is 10.2. The van der Waals surface area contributed by atoms with Crippen molar-refractivity contribution in [3.63, 3.8) is 0 Å². The monoisotopic (exact) mass is 152 g/mol. The highest BCUT2D eigenvalue weighted by atomic mass is 15.2. The molecule has 0 unspecified atom stereocenters. The Labute approximate surface area is 65.6 Å². The van der Waals surface area contributed by atoms with Gasteiger partial charge in [0.25, 0.3) is 0 Å². The molecule has 0 bridgehead atoms. The molecule has 0 aliphatic heterocycles. The van der Waals surface area contributed by atoms with Gasteiger partial charge in [-0.15, -0.1) is 0 Å². The van der Waals surface area contributed by atoms with Gasteiger partial charge in [0.2, 0.25) is 0 Å². The molecule has 11 heavy (non-hydrogen) atoms. The van der Waals surface area contributed by atoms with E-state index in [1.807, 2.05) is 13.0 Å². The molecule has 0 aromatic carbocycles. The summed E-state index contributed by atoms with van der Waals surface area (Å²) >= 11 is 0. The number of pyridine rings is 1. The molecule has 0 atom stereocenters. The predicted octanol–water partition coefficient (Wildman–Crippen LogP) is -0.0645. The van der Waals surface area contributed by atoms with Crippen LogP contribution in [-0.2, 0) is 6.54 Å². The highest BCUT2D eigenvalue weighted by Gasteiger charge is 1.97. The molecule has 0 aliphatic carbocycles. The number of hydrazine groups is 1. The molecule has 4 nitrogen and oxygen atoms in total. The molecule has 0 aliphatic rings. The fourth-order valence-electron chi connectivity index (χ4n) is 0.892. The van der Waals surface area contributed by atoms with Crippen molar-refractivity contribution >= 4 is 5.82 Å². The Bertz CT molecular complexity index is 246. The van der Waals surface area contributed by atoms with E-state index in [4.69, 9.17) is 11.6 Å². The average Bonchev–Trinajstić information content (AvgIpc) is 1.98. The molecule has 4 heteroatoms. The fourth-order valence-corrected chi connectivity index (χ4v) is 0.892. The van der Waals surface area contributed by atoms with Crippen LogP contribution in [-0.4, -0.2) is 4.98 Å². The van der Waals surface area contributed by atoms with Crippen LogP contribution in [0.25, 0.3) is 0 Å². The van der Waals surface area contributed by atoms with Crippen molar-refractivity contribution in [2.24, 2.45) is 5.84 Å². The van der Waals surface area contributed by atoms with Gasteiger partial charge in [-0.2, -0.15) is 0 Å². The van der Waals surface area contributed by atoms with E-state index in [9.17, 15) is 0 Å². The Balaban J connectivity index is 2.93. The number of aromatic nitrogens is 1. The van der Waals surface area contributed by atoms with Crippen LogP contribution in [0.2, 0.25) is 0 Å². The average molecular weight is 152 g/mol. The van der Waals surface area contributed by atoms with Crippen molar-refractivity contribution < 1.29 is 0 Å². The zero-order chi connectivity index (χ0) is 8.27. The van der Waals surface area contributed by atoms with Crippen LogP contribution in [0.1, 0.15) is 11.1 Å². The lowest BCUT2D eigenvalue weighted by Crippen LogP contribution is -2.21. The van der Waals surface area contributed by atoms with Gasteiger partial charge in [-0.05, 0) is 18.6 Å². The SMILES string of the molecule is Cc1cnc(N)c(CNN)c1. The summed E-state index contributed by atoms with van der Waals surface area (Å²) in [5, 5.41) is 0. The molecule has 1 aromatic rings. The summed E-state index contributed by atoms with van der Waals surface area (Å²) < 4.78 is 0. The second-order valence-electron chi connectivity index (χ2n) is 2.44. The van der Waals surface area contributed by atoms with Crippen LogP contribution in [0.5, 0.6) is 0 Å². The smallest absolute Gasteiger partial charge is 0.127 e. The number of rotatable bonds is 2. The second-order valence-corrected chi connectivity index (χ2v) is 2.44. The first-order chi connectivity index (χ1) is 5.24. The highest BCUT2D eigenvalue weighted by molar-refractivity contribution is 5.40. The van der Waals surface area contributed by atoms with E-state index in [0.29, 0.717) is 12.4 Å². The third kappa shape index (κ3) is 1.89. The van der Waals surface area contributed by atoms with E-state index in [1.165, 1.54) is 0 Å². The highest BCUT2D eigenvalue weighted by Crippen LogP contribution is 2.08. The summed E-state index contributed by atoms with van der Waals surface area (Å²) in [6, 6.07) is 1.96. The molecule has 0 saturated heterocycles. The van der Waals surface area contributed by atoms with Crippen molar-refractivity contribution in [3.05, 3.63) is 23.4 Å². The Hall–Kier alpha value is -1.13. The number of hydrogen-bond acceptors (Lipinski definition) is 4. The minimum Gasteiger partial charge on any atom is -0.383 e. The number of nitrogen functional groups attached to an aromatic ring is 1. The van der Waals surface area contributed by atoms with Crippen molar-refractivity contribution in [2.45, 2.75) is 13.5 Å². The number of hydrogen-bond donors (Lipinski definition) is 3. The zero-order valence-electron chi connectivity index (χ0n) is 6.46. The first-order valence-electron chi connectivity index (χ1n) is 3.38. The van der Waals surface area contributed by atoms with Crippen LogP contribution in [0.3, 0.4) is 0 Å². The maximum Gasteiger partial charge on any atom is 0.127 e. The van der Waals surface area contributed by atoms with Crippen LogP contribution in [0, 0.1) is 6.92 Å². The number of nitrogens with one attached hydrogen (secondary N) is 1. The van der Waals surface area contributed by atoms with Gasteiger partial charge in [0.05, 0.1) is 0 Å².